The van der Waals surface area contributed by atoms with Gasteiger partial charge in [-0.25, -0.2) is 4.79 Å². The molecule has 0 radical (unpaired) electrons. The Morgan fingerprint density at radius 1 is 1.30 bits per heavy atom. The topological polar surface area (TPSA) is 70.3 Å². The lowest BCUT2D eigenvalue weighted by Crippen LogP contribution is -2.40. The molecule has 2 aromatic rings. The van der Waals surface area contributed by atoms with Crippen molar-refractivity contribution in [2.75, 3.05) is 6.61 Å². The van der Waals surface area contributed by atoms with Crippen LogP contribution in [-0.2, 0) is 11.3 Å². The van der Waals surface area contributed by atoms with E-state index >= 15 is 0 Å². The van der Waals surface area contributed by atoms with E-state index in [-0.39, 0.29) is 23.4 Å². The highest BCUT2D eigenvalue weighted by Crippen LogP contribution is 2.34. The highest BCUT2D eigenvalue weighted by Gasteiger charge is 2.31. The number of carbonyl (C=O) groups excluding carboxylic acids is 1. The molecule has 0 spiro atoms. The van der Waals surface area contributed by atoms with Gasteiger partial charge in [0.15, 0.2) is 6.29 Å². The first-order valence-electron chi connectivity index (χ1n) is 7.97. The fourth-order valence-corrected chi connectivity index (χ4v) is 4.42. The van der Waals surface area contributed by atoms with Crippen LogP contribution in [0.1, 0.15) is 47.0 Å². The first-order chi connectivity index (χ1) is 11.1. The van der Waals surface area contributed by atoms with Crippen LogP contribution in [0.3, 0.4) is 0 Å². The number of aldehydes is 1. The summed E-state index contributed by atoms with van der Waals surface area (Å²) < 4.78 is 8.69. The predicted octanol–water partition coefficient (Wildman–Crippen LogP) is 1.86. The fraction of sp³-hybridized carbons (Fsp3) is 0.562. The monoisotopic (exact) mass is 334 g/mol. The van der Waals surface area contributed by atoms with Crippen molar-refractivity contribution < 1.29 is 9.53 Å². The second-order valence-electron chi connectivity index (χ2n) is 6.32. The van der Waals surface area contributed by atoms with E-state index in [1.54, 1.807) is 11.5 Å². The molecule has 2 aliphatic rings. The SMILES string of the molecule is Cc1c(C=O)sc2c1c(=O)n(C1CC1)c(=O)n2C[C@H]1CCCO1. The van der Waals surface area contributed by atoms with Gasteiger partial charge in [-0.3, -0.25) is 18.7 Å². The molecule has 0 bridgehead atoms. The van der Waals surface area contributed by atoms with Gasteiger partial charge < -0.3 is 4.74 Å². The lowest BCUT2D eigenvalue weighted by atomic mass is 10.2. The van der Waals surface area contributed by atoms with Gasteiger partial charge in [0.05, 0.1) is 22.9 Å². The summed E-state index contributed by atoms with van der Waals surface area (Å²) >= 11 is 1.23. The van der Waals surface area contributed by atoms with Gasteiger partial charge in [0.2, 0.25) is 0 Å². The molecule has 0 N–H and O–H groups in total. The second kappa shape index (κ2) is 5.42. The number of ether oxygens (including phenoxy) is 1. The van der Waals surface area contributed by atoms with Crippen LogP contribution in [0.15, 0.2) is 9.59 Å². The molecule has 1 saturated carbocycles. The minimum absolute atomic E-state index is 0.00291. The Bertz CT molecular complexity index is 897. The van der Waals surface area contributed by atoms with Crippen molar-refractivity contribution in [1.29, 1.82) is 0 Å². The Kier molecular flexibility index (Phi) is 3.50. The average Bonchev–Trinajstić information content (AvgIpc) is 3.11. The van der Waals surface area contributed by atoms with Crippen molar-refractivity contribution in [1.82, 2.24) is 9.13 Å². The van der Waals surface area contributed by atoms with E-state index < -0.39 is 0 Å². The molecule has 1 saturated heterocycles. The summed E-state index contributed by atoms with van der Waals surface area (Å²) in [6.45, 7) is 2.94. The first kappa shape index (κ1) is 14.8. The number of fused-ring (bicyclic) bond motifs is 1. The molecule has 3 heterocycles. The van der Waals surface area contributed by atoms with Crippen LogP contribution in [0.5, 0.6) is 0 Å². The average molecular weight is 334 g/mol. The van der Waals surface area contributed by atoms with E-state index in [1.807, 2.05) is 0 Å². The van der Waals surface area contributed by atoms with Gasteiger partial charge in [0.25, 0.3) is 5.56 Å². The zero-order valence-corrected chi connectivity index (χ0v) is 13.7. The smallest absolute Gasteiger partial charge is 0.332 e. The number of nitrogens with zero attached hydrogens (tertiary/aromatic N) is 2. The Balaban J connectivity index is 2.00. The number of aryl methyl sites for hydroxylation is 1. The maximum atomic E-state index is 12.9. The minimum atomic E-state index is -0.265. The van der Waals surface area contributed by atoms with Gasteiger partial charge in [-0.05, 0) is 38.2 Å². The van der Waals surface area contributed by atoms with E-state index in [2.05, 4.69) is 0 Å². The summed E-state index contributed by atoms with van der Waals surface area (Å²) in [5, 5.41) is 0.515. The molecule has 1 aliphatic carbocycles. The Labute approximate surface area is 136 Å². The lowest BCUT2D eigenvalue weighted by molar-refractivity contribution is 0.0966. The van der Waals surface area contributed by atoms with Crippen LogP contribution >= 0.6 is 11.3 Å². The molecule has 23 heavy (non-hydrogen) atoms. The number of thiophene rings is 1. The van der Waals surface area contributed by atoms with Gasteiger partial charge in [-0.2, -0.15) is 0 Å². The van der Waals surface area contributed by atoms with Gasteiger partial charge >= 0.3 is 5.69 Å². The van der Waals surface area contributed by atoms with Crippen LogP contribution in [0, 0.1) is 6.92 Å². The van der Waals surface area contributed by atoms with Gasteiger partial charge in [-0.1, -0.05) is 0 Å². The van der Waals surface area contributed by atoms with Gasteiger partial charge in [-0.15, -0.1) is 11.3 Å². The van der Waals surface area contributed by atoms with Crippen molar-refractivity contribution in [2.24, 2.45) is 0 Å². The molecule has 4 rings (SSSR count). The molecule has 0 amide bonds. The summed E-state index contributed by atoms with van der Waals surface area (Å²) in [5.41, 5.74) is 0.164. The summed E-state index contributed by atoms with van der Waals surface area (Å²) in [7, 11) is 0. The van der Waals surface area contributed by atoms with E-state index in [1.165, 1.54) is 15.9 Å². The number of aromatic nitrogens is 2. The third-order valence-corrected chi connectivity index (χ3v) is 5.95. The van der Waals surface area contributed by atoms with Gasteiger partial charge in [0, 0.05) is 12.6 Å². The molecule has 2 fully saturated rings. The Morgan fingerprint density at radius 3 is 2.70 bits per heavy atom. The summed E-state index contributed by atoms with van der Waals surface area (Å²) in [6.07, 6.45) is 4.41. The standard InChI is InChI=1S/C16H18N2O4S/c1-9-12(8-19)23-15-13(9)14(20)18(10-4-5-10)16(21)17(15)7-11-3-2-6-22-11/h8,10-11H,2-7H2,1H3/t11-/m1/s1. The van der Waals surface area contributed by atoms with Crippen molar-refractivity contribution in [2.45, 2.75) is 51.3 Å². The number of carbonyl (C=O) groups is 1. The van der Waals surface area contributed by atoms with Gasteiger partial charge in [0.1, 0.15) is 4.83 Å². The fourth-order valence-electron chi connectivity index (χ4n) is 3.30. The molecular formula is C16H18N2O4S. The quantitative estimate of drug-likeness (QED) is 0.800. The third-order valence-electron chi connectivity index (χ3n) is 4.71. The van der Waals surface area contributed by atoms with Crippen LogP contribution in [-0.4, -0.2) is 28.1 Å². The van der Waals surface area contributed by atoms with Crippen molar-refractivity contribution >= 4 is 27.8 Å². The molecular weight excluding hydrogens is 316 g/mol. The lowest BCUT2D eigenvalue weighted by Gasteiger charge is -2.15. The van der Waals surface area contributed by atoms with Crippen LogP contribution in [0.2, 0.25) is 0 Å². The molecule has 6 nitrogen and oxygen atoms in total. The molecule has 0 aromatic carbocycles. The Hall–Kier alpha value is -1.73. The first-order valence-corrected chi connectivity index (χ1v) is 8.78. The van der Waals surface area contributed by atoms with Crippen molar-refractivity contribution in [3.63, 3.8) is 0 Å². The van der Waals surface area contributed by atoms with Crippen LogP contribution < -0.4 is 11.2 Å². The third kappa shape index (κ3) is 2.30. The zero-order chi connectivity index (χ0) is 16.1. The molecule has 1 atom stereocenters. The van der Waals surface area contributed by atoms with Crippen molar-refractivity contribution in [3.05, 3.63) is 31.3 Å². The highest BCUT2D eigenvalue weighted by molar-refractivity contribution is 7.20. The predicted molar refractivity (Wildman–Crippen MR) is 87.7 cm³/mol. The molecule has 2 aromatic heterocycles. The van der Waals surface area contributed by atoms with E-state index in [0.717, 1.165) is 32.0 Å². The Morgan fingerprint density at radius 2 is 2.09 bits per heavy atom. The maximum absolute atomic E-state index is 12.9. The minimum Gasteiger partial charge on any atom is -0.376 e. The van der Waals surface area contributed by atoms with E-state index in [4.69, 9.17) is 4.74 Å². The molecule has 122 valence electrons. The summed E-state index contributed by atoms with van der Waals surface area (Å²) in [6, 6.07) is 0.00845. The number of rotatable bonds is 4. The molecule has 1 aliphatic heterocycles. The molecule has 7 heteroatoms. The van der Waals surface area contributed by atoms with E-state index in [9.17, 15) is 14.4 Å². The summed E-state index contributed by atoms with van der Waals surface area (Å²) in [4.78, 5) is 38.0. The number of hydrogen-bond acceptors (Lipinski definition) is 5. The number of hydrogen-bond donors (Lipinski definition) is 0. The van der Waals surface area contributed by atoms with Crippen LogP contribution in [0.4, 0.5) is 0 Å². The second-order valence-corrected chi connectivity index (χ2v) is 7.35. The zero-order valence-electron chi connectivity index (χ0n) is 12.9. The largest absolute Gasteiger partial charge is 0.376 e. The normalized spacial score (nSPS) is 21.2. The maximum Gasteiger partial charge on any atom is 0.332 e. The highest BCUT2D eigenvalue weighted by atomic mass is 32.1. The summed E-state index contributed by atoms with van der Waals surface area (Å²) in [5.74, 6) is 0. The van der Waals surface area contributed by atoms with E-state index in [0.29, 0.717) is 33.8 Å². The van der Waals surface area contributed by atoms with Crippen molar-refractivity contribution in [3.8, 4) is 0 Å². The van der Waals surface area contributed by atoms with Crippen LogP contribution in [0.25, 0.3) is 10.2 Å². The molecule has 0 unspecified atom stereocenters.